The Hall–Kier alpha value is -3.44. The fourth-order valence-corrected chi connectivity index (χ4v) is 4.77. The number of rotatable bonds is 9. The van der Waals surface area contributed by atoms with Gasteiger partial charge < -0.3 is 9.80 Å². The Morgan fingerprint density at radius 3 is 2.24 bits per heavy atom. The van der Waals surface area contributed by atoms with Crippen LogP contribution in [0.3, 0.4) is 0 Å². The summed E-state index contributed by atoms with van der Waals surface area (Å²) in [6, 6.07) is 27.8. The summed E-state index contributed by atoms with van der Waals surface area (Å²) in [6.07, 6.45) is 0. The first kappa shape index (κ1) is 23.7. The minimum atomic E-state index is -0.108. The maximum atomic E-state index is 13.6. The fraction of sp³-hybridized carbons (Fsp3) is 0.241. The van der Waals surface area contributed by atoms with Crippen LogP contribution in [0.5, 0.6) is 0 Å². The van der Waals surface area contributed by atoms with Gasteiger partial charge in [-0.05, 0) is 45.8 Å². The van der Waals surface area contributed by atoms with Crippen LogP contribution in [0.2, 0.25) is 0 Å². The quantitative estimate of drug-likeness (QED) is 0.291. The molecule has 0 unspecified atom stereocenters. The largest absolute Gasteiger partial charge is 0.332 e. The Balaban J connectivity index is 1.56. The van der Waals surface area contributed by atoms with E-state index in [0.717, 1.165) is 21.2 Å². The van der Waals surface area contributed by atoms with E-state index in [9.17, 15) is 9.59 Å². The molecule has 0 saturated heterocycles. The van der Waals surface area contributed by atoms with E-state index >= 15 is 0 Å². The number of hydrogen-bond acceptors (Lipinski definition) is 3. The van der Waals surface area contributed by atoms with Crippen LogP contribution in [-0.2, 0) is 17.9 Å². The second kappa shape index (κ2) is 11.1. The van der Waals surface area contributed by atoms with Crippen LogP contribution >= 0.6 is 11.3 Å². The van der Waals surface area contributed by atoms with Gasteiger partial charge in [0.2, 0.25) is 5.91 Å². The molecule has 0 aliphatic heterocycles. The zero-order chi connectivity index (χ0) is 23.9. The Labute approximate surface area is 205 Å². The van der Waals surface area contributed by atoms with E-state index in [4.69, 9.17) is 0 Å². The molecule has 0 N–H and O–H groups in total. The molecule has 0 radical (unpaired) electrons. The van der Waals surface area contributed by atoms with Crippen molar-refractivity contribution in [3.05, 3.63) is 106 Å². The van der Waals surface area contributed by atoms with Crippen LogP contribution in [0, 0.1) is 5.92 Å². The normalized spacial score (nSPS) is 11.0. The highest BCUT2D eigenvalue weighted by molar-refractivity contribution is 7.09. The fourth-order valence-electron chi connectivity index (χ4n) is 4.05. The first-order valence-corrected chi connectivity index (χ1v) is 12.5. The van der Waals surface area contributed by atoms with Crippen molar-refractivity contribution in [1.82, 2.24) is 9.80 Å². The van der Waals surface area contributed by atoms with Crippen LogP contribution < -0.4 is 0 Å². The van der Waals surface area contributed by atoms with Gasteiger partial charge in [-0.2, -0.15) is 0 Å². The summed E-state index contributed by atoms with van der Waals surface area (Å²) in [5.74, 6) is 0.0905. The molecule has 5 heteroatoms. The first-order chi connectivity index (χ1) is 16.5. The number of carbonyl (C=O) groups is 2. The third-order valence-corrected chi connectivity index (χ3v) is 6.55. The van der Waals surface area contributed by atoms with Crippen LogP contribution in [0.15, 0.2) is 90.3 Å². The molecule has 4 nitrogen and oxygen atoms in total. The lowest BCUT2D eigenvalue weighted by Crippen LogP contribution is -2.43. The summed E-state index contributed by atoms with van der Waals surface area (Å²) in [5, 5.41) is 4.14. The Morgan fingerprint density at radius 1 is 0.794 bits per heavy atom. The molecule has 0 spiro atoms. The second-order valence-electron chi connectivity index (χ2n) is 8.96. The van der Waals surface area contributed by atoms with E-state index < -0.39 is 0 Å². The predicted molar refractivity (Wildman–Crippen MR) is 140 cm³/mol. The molecule has 1 aromatic heterocycles. The third kappa shape index (κ3) is 6.12. The highest BCUT2D eigenvalue weighted by Crippen LogP contribution is 2.19. The molecule has 1 heterocycles. The van der Waals surface area contributed by atoms with Gasteiger partial charge >= 0.3 is 0 Å². The van der Waals surface area contributed by atoms with Crippen molar-refractivity contribution in [2.45, 2.75) is 26.9 Å². The van der Waals surface area contributed by atoms with Gasteiger partial charge in [0.15, 0.2) is 0 Å². The lowest BCUT2D eigenvalue weighted by atomic mass is 10.1. The Morgan fingerprint density at radius 2 is 1.53 bits per heavy atom. The van der Waals surface area contributed by atoms with Crippen LogP contribution in [0.4, 0.5) is 0 Å². The van der Waals surface area contributed by atoms with Crippen molar-refractivity contribution < 1.29 is 9.59 Å². The monoisotopic (exact) mass is 470 g/mol. The Kier molecular flexibility index (Phi) is 7.76. The van der Waals surface area contributed by atoms with E-state index in [0.29, 0.717) is 25.2 Å². The summed E-state index contributed by atoms with van der Waals surface area (Å²) in [4.78, 5) is 31.7. The molecule has 0 atom stereocenters. The number of fused-ring (bicyclic) bond motifs is 1. The van der Waals surface area contributed by atoms with Gasteiger partial charge in [0.25, 0.3) is 5.91 Å². The third-order valence-electron chi connectivity index (χ3n) is 5.69. The number of carbonyl (C=O) groups excluding carboxylic acids is 2. The minimum absolute atomic E-state index is 0.0490. The molecule has 3 aromatic carbocycles. The summed E-state index contributed by atoms with van der Waals surface area (Å²) >= 11 is 1.64. The molecule has 0 aliphatic rings. The standard InChI is InChI=1S/C29H30N2O2S/c1-22(2)18-31(29(33)26-15-14-24-11-6-7-12-25(24)17-26)21-28(32)30(20-27-13-8-16-34-27)19-23-9-4-3-5-10-23/h3-17,22H,18-21H2,1-2H3. The number of benzene rings is 3. The maximum absolute atomic E-state index is 13.6. The first-order valence-electron chi connectivity index (χ1n) is 11.6. The van der Waals surface area contributed by atoms with Gasteiger partial charge in [0.05, 0.1) is 6.54 Å². The number of hydrogen-bond donors (Lipinski definition) is 0. The van der Waals surface area contributed by atoms with Crippen molar-refractivity contribution in [1.29, 1.82) is 0 Å². The van der Waals surface area contributed by atoms with Crippen LogP contribution in [-0.4, -0.2) is 34.7 Å². The average molecular weight is 471 g/mol. The smallest absolute Gasteiger partial charge is 0.254 e. The van der Waals surface area contributed by atoms with Crippen molar-refractivity contribution >= 4 is 33.9 Å². The zero-order valence-electron chi connectivity index (χ0n) is 19.7. The van der Waals surface area contributed by atoms with E-state index in [1.165, 1.54) is 0 Å². The molecular weight excluding hydrogens is 440 g/mol. The maximum Gasteiger partial charge on any atom is 0.254 e. The van der Waals surface area contributed by atoms with Gasteiger partial charge in [-0.3, -0.25) is 9.59 Å². The lowest BCUT2D eigenvalue weighted by molar-refractivity contribution is -0.133. The van der Waals surface area contributed by atoms with Crippen molar-refractivity contribution in [3.63, 3.8) is 0 Å². The molecule has 4 rings (SSSR count). The molecular formula is C29H30N2O2S. The molecule has 0 saturated carbocycles. The van der Waals surface area contributed by atoms with Gasteiger partial charge in [-0.15, -0.1) is 11.3 Å². The van der Waals surface area contributed by atoms with E-state index in [2.05, 4.69) is 13.8 Å². The number of nitrogens with zero attached hydrogens (tertiary/aromatic N) is 2. The highest BCUT2D eigenvalue weighted by atomic mass is 32.1. The molecule has 174 valence electrons. The van der Waals surface area contributed by atoms with E-state index in [1.54, 1.807) is 16.2 Å². The molecule has 0 aliphatic carbocycles. The summed E-state index contributed by atoms with van der Waals surface area (Å²) in [6.45, 7) is 5.76. The lowest BCUT2D eigenvalue weighted by Gasteiger charge is -2.29. The van der Waals surface area contributed by atoms with Crippen molar-refractivity contribution in [2.75, 3.05) is 13.1 Å². The van der Waals surface area contributed by atoms with Crippen molar-refractivity contribution in [2.24, 2.45) is 5.92 Å². The van der Waals surface area contributed by atoms with Crippen molar-refractivity contribution in [3.8, 4) is 0 Å². The molecule has 0 fully saturated rings. The second-order valence-corrected chi connectivity index (χ2v) is 9.99. The van der Waals surface area contributed by atoms with Gasteiger partial charge in [0.1, 0.15) is 6.54 Å². The topological polar surface area (TPSA) is 40.6 Å². The number of amides is 2. The number of thiophene rings is 1. The van der Waals surface area contributed by atoms with E-state index in [-0.39, 0.29) is 24.3 Å². The van der Waals surface area contributed by atoms with Gasteiger partial charge in [-0.25, -0.2) is 0 Å². The summed E-state index contributed by atoms with van der Waals surface area (Å²) < 4.78 is 0. The molecule has 2 amide bonds. The highest BCUT2D eigenvalue weighted by Gasteiger charge is 2.24. The zero-order valence-corrected chi connectivity index (χ0v) is 20.5. The summed E-state index contributed by atoms with van der Waals surface area (Å²) in [5.41, 5.74) is 1.68. The van der Waals surface area contributed by atoms with E-state index in [1.807, 2.05) is 95.2 Å². The minimum Gasteiger partial charge on any atom is -0.332 e. The Bertz CT molecular complexity index is 1240. The molecule has 0 bridgehead atoms. The predicted octanol–water partition coefficient (Wildman–Crippen LogP) is 6.23. The van der Waals surface area contributed by atoms with Crippen LogP contribution in [0.25, 0.3) is 10.8 Å². The average Bonchev–Trinajstić information content (AvgIpc) is 3.36. The van der Waals surface area contributed by atoms with Gasteiger partial charge in [-0.1, -0.05) is 80.6 Å². The van der Waals surface area contributed by atoms with Gasteiger partial charge in [0, 0.05) is 23.5 Å². The summed E-state index contributed by atoms with van der Waals surface area (Å²) in [7, 11) is 0. The molecule has 34 heavy (non-hydrogen) atoms. The van der Waals surface area contributed by atoms with Crippen LogP contribution in [0.1, 0.15) is 34.6 Å². The molecule has 4 aromatic rings. The SMILES string of the molecule is CC(C)CN(CC(=O)N(Cc1ccccc1)Cc1cccs1)C(=O)c1ccc2ccccc2c1.